The van der Waals surface area contributed by atoms with E-state index in [1.165, 1.54) is 12.1 Å². The highest BCUT2D eigenvalue weighted by Gasteiger charge is 2.42. The Morgan fingerprint density at radius 2 is 1.34 bits per heavy atom. The van der Waals surface area contributed by atoms with Crippen molar-refractivity contribution in [2.45, 2.75) is 6.54 Å². The summed E-state index contributed by atoms with van der Waals surface area (Å²) in [6.45, 7) is -0.437. The van der Waals surface area contributed by atoms with Crippen molar-refractivity contribution in [3.05, 3.63) is 66.6 Å². The highest BCUT2D eigenvalue weighted by atomic mass is 35.5. The van der Waals surface area contributed by atoms with E-state index in [1.54, 1.807) is 12.1 Å². The van der Waals surface area contributed by atoms with E-state index in [0.29, 0.717) is 16.0 Å². The third-order valence-corrected chi connectivity index (χ3v) is 6.02. The average molecular weight is 475 g/mol. The van der Waals surface area contributed by atoms with Crippen LogP contribution in [0.1, 0.15) is 36.6 Å². The lowest BCUT2D eigenvalue weighted by atomic mass is 10.1. The number of hydrogen-bond donors (Lipinski definition) is 2. The number of nitrogens with one attached hydrogen (secondary N) is 1. The third kappa shape index (κ3) is 3.91. The smallest absolute Gasteiger partial charge is 0.263 e. The summed E-state index contributed by atoms with van der Waals surface area (Å²) in [4.78, 5) is 49.2. The van der Waals surface area contributed by atoms with Gasteiger partial charge >= 0.3 is 0 Å². The number of halogens is 4. The van der Waals surface area contributed by atoms with E-state index in [0.717, 1.165) is 0 Å². The van der Waals surface area contributed by atoms with Crippen LogP contribution in [0, 0.1) is 0 Å². The zero-order valence-electron chi connectivity index (χ0n) is 14.4. The second kappa shape index (κ2) is 8.20. The van der Waals surface area contributed by atoms with Crippen LogP contribution < -0.4 is 11.1 Å². The molecule has 4 amide bonds. The molecule has 150 valence electrons. The second-order valence-corrected chi connectivity index (χ2v) is 7.55. The molecule has 0 aliphatic carbocycles. The molecule has 7 nitrogen and oxygen atoms in total. The number of carbonyl (C=O) groups is 4. The number of nitrogens with zero attached hydrogens (tertiary/aromatic N) is 1. The number of fused-ring (bicyclic) bond motifs is 1. The highest BCUT2D eigenvalue weighted by Crippen LogP contribution is 2.44. The van der Waals surface area contributed by atoms with Gasteiger partial charge in [-0.3, -0.25) is 24.1 Å². The van der Waals surface area contributed by atoms with Crippen LogP contribution in [0.4, 0.5) is 0 Å². The standard InChI is InChI=1S/C18H11Cl4N3O4/c19-12-10-11(13(20)15(22)14(12)21)18(29)25(17(10)28)6-9(26)24-5-7-1-3-8(4-2-7)16(23)27/h1-4H,5-6H2,(H2,23,27)(H,24,26). The molecule has 0 aromatic heterocycles. The fourth-order valence-electron chi connectivity index (χ4n) is 2.73. The molecule has 0 saturated carbocycles. The van der Waals surface area contributed by atoms with Crippen LogP contribution in [-0.2, 0) is 11.3 Å². The summed E-state index contributed by atoms with van der Waals surface area (Å²) in [7, 11) is 0. The normalized spacial score (nSPS) is 12.9. The molecule has 3 rings (SSSR count). The summed E-state index contributed by atoms with van der Waals surface area (Å²) >= 11 is 24.0. The van der Waals surface area contributed by atoms with Crippen LogP contribution in [0.15, 0.2) is 24.3 Å². The number of benzene rings is 2. The van der Waals surface area contributed by atoms with E-state index in [1.807, 2.05) is 0 Å². The average Bonchev–Trinajstić information content (AvgIpc) is 2.94. The first-order chi connectivity index (χ1) is 13.6. The number of hydrogen-bond acceptors (Lipinski definition) is 4. The van der Waals surface area contributed by atoms with Crippen molar-refractivity contribution < 1.29 is 19.2 Å². The Balaban J connectivity index is 1.72. The van der Waals surface area contributed by atoms with Crippen LogP contribution in [-0.4, -0.2) is 35.1 Å². The predicted molar refractivity (Wildman–Crippen MR) is 109 cm³/mol. The van der Waals surface area contributed by atoms with Gasteiger partial charge in [-0.2, -0.15) is 0 Å². The van der Waals surface area contributed by atoms with Gasteiger partial charge in [0.1, 0.15) is 6.54 Å². The minimum absolute atomic E-state index is 0.111. The Kier molecular flexibility index (Phi) is 6.05. The molecule has 0 unspecified atom stereocenters. The van der Waals surface area contributed by atoms with Crippen molar-refractivity contribution in [3.63, 3.8) is 0 Å². The maximum atomic E-state index is 12.6. The number of amides is 4. The van der Waals surface area contributed by atoms with E-state index >= 15 is 0 Å². The van der Waals surface area contributed by atoms with Crippen molar-refractivity contribution in [1.29, 1.82) is 0 Å². The van der Waals surface area contributed by atoms with Gasteiger partial charge in [-0.05, 0) is 17.7 Å². The molecule has 2 aromatic rings. The maximum absolute atomic E-state index is 12.6. The Labute approximate surface area is 184 Å². The van der Waals surface area contributed by atoms with E-state index in [4.69, 9.17) is 52.1 Å². The van der Waals surface area contributed by atoms with Crippen molar-refractivity contribution in [2.75, 3.05) is 6.54 Å². The molecule has 1 aliphatic heterocycles. The van der Waals surface area contributed by atoms with Crippen LogP contribution in [0.5, 0.6) is 0 Å². The van der Waals surface area contributed by atoms with E-state index in [9.17, 15) is 19.2 Å². The van der Waals surface area contributed by atoms with E-state index in [-0.39, 0.29) is 37.8 Å². The molecule has 0 saturated heterocycles. The first kappa shape index (κ1) is 21.4. The summed E-state index contributed by atoms with van der Waals surface area (Å²) in [5, 5.41) is 1.87. The van der Waals surface area contributed by atoms with Gasteiger partial charge in [-0.1, -0.05) is 58.5 Å². The Hall–Kier alpha value is -2.32. The second-order valence-electron chi connectivity index (χ2n) is 6.04. The Bertz CT molecular complexity index is 1020. The molecular formula is C18H11Cl4N3O4. The molecule has 0 bridgehead atoms. The molecule has 0 radical (unpaired) electrons. The number of rotatable bonds is 5. The number of primary amides is 1. The minimum Gasteiger partial charge on any atom is -0.366 e. The molecule has 3 N–H and O–H groups in total. The van der Waals surface area contributed by atoms with E-state index < -0.39 is 30.2 Å². The molecule has 2 aromatic carbocycles. The zero-order chi connectivity index (χ0) is 21.5. The molecule has 0 fully saturated rings. The zero-order valence-corrected chi connectivity index (χ0v) is 17.4. The SMILES string of the molecule is NC(=O)c1ccc(CNC(=O)CN2C(=O)c3c(Cl)c(Cl)c(Cl)c(Cl)c3C2=O)cc1. The fraction of sp³-hybridized carbons (Fsp3) is 0.111. The van der Waals surface area contributed by atoms with Crippen LogP contribution >= 0.6 is 46.4 Å². The molecule has 1 aliphatic rings. The van der Waals surface area contributed by atoms with Gasteiger partial charge in [0.25, 0.3) is 11.8 Å². The predicted octanol–water partition coefficient (Wildman–Crippen LogP) is 3.31. The lowest BCUT2D eigenvalue weighted by Crippen LogP contribution is -2.40. The van der Waals surface area contributed by atoms with Gasteiger partial charge in [0.2, 0.25) is 11.8 Å². The van der Waals surface area contributed by atoms with Crippen LogP contribution in [0.25, 0.3) is 0 Å². The number of carbonyl (C=O) groups excluding carboxylic acids is 4. The molecule has 29 heavy (non-hydrogen) atoms. The molecule has 0 atom stereocenters. The van der Waals surface area contributed by atoms with E-state index in [2.05, 4.69) is 5.32 Å². The Morgan fingerprint density at radius 1 is 0.862 bits per heavy atom. The lowest BCUT2D eigenvalue weighted by molar-refractivity contribution is -0.121. The van der Waals surface area contributed by atoms with Gasteiger partial charge in [0.15, 0.2) is 0 Å². The van der Waals surface area contributed by atoms with Crippen molar-refractivity contribution >= 4 is 70.0 Å². The summed E-state index contributed by atoms with van der Waals surface area (Å²) in [6.07, 6.45) is 0. The molecule has 0 spiro atoms. The molecule has 11 heteroatoms. The van der Waals surface area contributed by atoms with Crippen LogP contribution in [0.3, 0.4) is 0 Å². The van der Waals surface area contributed by atoms with Gasteiger partial charge in [0, 0.05) is 12.1 Å². The molecular weight excluding hydrogens is 464 g/mol. The number of nitrogens with two attached hydrogens (primary N) is 1. The van der Waals surface area contributed by atoms with Crippen molar-refractivity contribution in [2.24, 2.45) is 5.73 Å². The highest BCUT2D eigenvalue weighted by molar-refractivity contribution is 6.55. The van der Waals surface area contributed by atoms with Gasteiger partial charge in [0.05, 0.1) is 31.2 Å². The number of imide groups is 1. The fourth-order valence-corrected chi connectivity index (χ4v) is 3.74. The first-order valence-corrected chi connectivity index (χ1v) is 9.52. The van der Waals surface area contributed by atoms with Gasteiger partial charge in [-0.25, -0.2) is 0 Å². The third-order valence-electron chi connectivity index (χ3n) is 4.21. The monoisotopic (exact) mass is 473 g/mol. The first-order valence-electron chi connectivity index (χ1n) is 8.01. The van der Waals surface area contributed by atoms with Gasteiger partial charge in [-0.15, -0.1) is 0 Å². The summed E-state index contributed by atoms with van der Waals surface area (Å²) in [5.41, 5.74) is 5.81. The maximum Gasteiger partial charge on any atom is 0.263 e. The minimum atomic E-state index is -0.795. The lowest BCUT2D eigenvalue weighted by Gasteiger charge is -2.13. The Morgan fingerprint density at radius 3 is 1.79 bits per heavy atom. The van der Waals surface area contributed by atoms with Crippen molar-refractivity contribution in [3.8, 4) is 0 Å². The molecule has 1 heterocycles. The largest absolute Gasteiger partial charge is 0.366 e. The van der Waals surface area contributed by atoms with Crippen molar-refractivity contribution in [1.82, 2.24) is 10.2 Å². The summed E-state index contributed by atoms with van der Waals surface area (Å²) in [5.74, 6) is -2.75. The van der Waals surface area contributed by atoms with Gasteiger partial charge < -0.3 is 11.1 Å². The van der Waals surface area contributed by atoms with Crippen LogP contribution in [0.2, 0.25) is 20.1 Å². The quantitative estimate of drug-likeness (QED) is 0.393. The summed E-state index contributed by atoms with van der Waals surface area (Å²) < 4.78 is 0. The summed E-state index contributed by atoms with van der Waals surface area (Å²) in [6, 6.07) is 6.27. The topological polar surface area (TPSA) is 110 Å².